The van der Waals surface area contributed by atoms with E-state index >= 15 is 0 Å². The molecular formula is C17H27FN2O. The van der Waals surface area contributed by atoms with Crippen LogP contribution in [0.1, 0.15) is 44.7 Å². The maximum Gasteiger partial charge on any atom is 0.131 e. The minimum atomic E-state index is -0.208. The molecule has 2 rings (SSSR count). The van der Waals surface area contributed by atoms with Gasteiger partial charge in [0.25, 0.3) is 0 Å². The Labute approximate surface area is 127 Å². The highest BCUT2D eigenvalue weighted by Gasteiger charge is 2.20. The van der Waals surface area contributed by atoms with Crippen molar-refractivity contribution >= 4 is 0 Å². The van der Waals surface area contributed by atoms with E-state index in [1.165, 1.54) is 38.4 Å². The van der Waals surface area contributed by atoms with E-state index in [2.05, 4.69) is 17.1 Å². The largest absolute Gasteiger partial charge is 0.496 e. The number of nitrogens with zero attached hydrogens (tertiary/aromatic N) is 1. The molecule has 0 spiro atoms. The number of piperidine rings is 1. The first-order valence-electron chi connectivity index (χ1n) is 7.93. The van der Waals surface area contributed by atoms with Crippen LogP contribution in [0, 0.1) is 5.82 Å². The first-order valence-corrected chi connectivity index (χ1v) is 7.93. The molecule has 21 heavy (non-hydrogen) atoms. The fraction of sp³-hybridized carbons (Fsp3) is 0.647. The molecule has 1 heterocycles. The molecule has 1 N–H and O–H groups in total. The van der Waals surface area contributed by atoms with Crippen LogP contribution in [0.3, 0.4) is 0 Å². The van der Waals surface area contributed by atoms with Crippen LogP contribution in [-0.4, -0.2) is 37.7 Å². The van der Waals surface area contributed by atoms with Gasteiger partial charge in [-0.2, -0.15) is 0 Å². The quantitative estimate of drug-likeness (QED) is 0.870. The lowest BCUT2D eigenvalue weighted by Gasteiger charge is -2.33. The third-order valence-electron chi connectivity index (χ3n) is 4.40. The molecule has 118 valence electrons. The average molecular weight is 294 g/mol. The second kappa shape index (κ2) is 7.76. The van der Waals surface area contributed by atoms with E-state index in [-0.39, 0.29) is 11.9 Å². The SMILES string of the molecule is COc1cccc(F)c1C(C)NCC(C)N1CCCCC1. The molecular weight excluding hydrogens is 267 g/mol. The minimum absolute atomic E-state index is 0.0617. The van der Waals surface area contributed by atoms with E-state index in [0.717, 1.165) is 6.54 Å². The Morgan fingerprint density at radius 2 is 1.95 bits per heavy atom. The molecule has 1 saturated heterocycles. The number of methoxy groups -OCH3 is 1. The zero-order chi connectivity index (χ0) is 15.2. The van der Waals surface area contributed by atoms with Gasteiger partial charge in [-0.1, -0.05) is 12.5 Å². The second-order valence-electron chi connectivity index (χ2n) is 5.93. The van der Waals surface area contributed by atoms with Crippen molar-refractivity contribution in [1.82, 2.24) is 10.2 Å². The maximum absolute atomic E-state index is 14.0. The third kappa shape index (κ3) is 4.17. The van der Waals surface area contributed by atoms with Crippen molar-refractivity contribution in [3.8, 4) is 5.75 Å². The van der Waals surface area contributed by atoms with Crippen LogP contribution in [0.4, 0.5) is 4.39 Å². The molecule has 1 aromatic rings. The summed E-state index contributed by atoms with van der Waals surface area (Å²) in [6, 6.07) is 5.40. The number of hydrogen-bond acceptors (Lipinski definition) is 3. The van der Waals surface area contributed by atoms with E-state index < -0.39 is 0 Å². The number of halogens is 1. The molecule has 0 saturated carbocycles. The van der Waals surface area contributed by atoms with Gasteiger partial charge in [0.2, 0.25) is 0 Å². The summed E-state index contributed by atoms with van der Waals surface area (Å²) in [4.78, 5) is 2.52. The van der Waals surface area contributed by atoms with E-state index in [4.69, 9.17) is 4.74 Å². The van der Waals surface area contributed by atoms with Crippen molar-refractivity contribution in [3.05, 3.63) is 29.6 Å². The van der Waals surface area contributed by atoms with Gasteiger partial charge in [-0.25, -0.2) is 4.39 Å². The maximum atomic E-state index is 14.0. The van der Waals surface area contributed by atoms with Gasteiger partial charge in [-0.15, -0.1) is 0 Å². The zero-order valence-corrected chi connectivity index (χ0v) is 13.4. The first kappa shape index (κ1) is 16.2. The highest BCUT2D eigenvalue weighted by atomic mass is 19.1. The van der Waals surface area contributed by atoms with Gasteiger partial charge in [0.1, 0.15) is 11.6 Å². The monoisotopic (exact) mass is 294 g/mol. The number of ether oxygens (including phenoxy) is 1. The highest BCUT2D eigenvalue weighted by Crippen LogP contribution is 2.27. The first-order chi connectivity index (χ1) is 10.1. The Kier molecular flexibility index (Phi) is 6.00. The lowest BCUT2D eigenvalue weighted by Crippen LogP contribution is -2.43. The summed E-state index contributed by atoms with van der Waals surface area (Å²) in [5.74, 6) is 0.403. The van der Waals surface area contributed by atoms with Crippen molar-refractivity contribution < 1.29 is 9.13 Å². The fourth-order valence-corrected chi connectivity index (χ4v) is 3.05. The Morgan fingerprint density at radius 3 is 2.62 bits per heavy atom. The minimum Gasteiger partial charge on any atom is -0.496 e. The van der Waals surface area contributed by atoms with Crippen molar-refractivity contribution in [2.45, 2.75) is 45.2 Å². The van der Waals surface area contributed by atoms with E-state index in [1.54, 1.807) is 13.2 Å². The van der Waals surface area contributed by atoms with Gasteiger partial charge in [0, 0.05) is 24.2 Å². The Balaban J connectivity index is 1.93. The molecule has 2 unspecified atom stereocenters. The van der Waals surface area contributed by atoms with Crippen molar-refractivity contribution in [1.29, 1.82) is 0 Å². The lowest BCUT2D eigenvalue weighted by molar-refractivity contribution is 0.168. The summed E-state index contributed by atoms with van der Waals surface area (Å²) in [6.07, 6.45) is 3.93. The van der Waals surface area contributed by atoms with E-state index in [0.29, 0.717) is 17.4 Å². The van der Waals surface area contributed by atoms with Crippen LogP contribution in [-0.2, 0) is 0 Å². The Hall–Kier alpha value is -1.13. The molecule has 0 aliphatic carbocycles. The van der Waals surface area contributed by atoms with Crippen molar-refractivity contribution in [3.63, 3.8) is 0 Å². The van der Waals surface area contributed by atoms with E-state index in [1.807, 2.05) is 13.0 Å². The molecule has 3 nitrogen and oxygen atoms in total. The van der Waals surface area contributed by atoms with E-state index in [9.17, 15) is 4.39 Å². The highest BCUT2D eigenvalue weighted by molar-refractivity contribution is 5.36. The standard InChI is InChI=1S/C17H27FN2O/c1-13(20-10-5-4-6-11-20)12-19-14(2)17-15(18)8-7-9-16(17)21-3/h7-9,13-14,19H,4-6,10-12H2,1-3H3. The summed E-state index contributed by atoms with van der Waals surface area (Å²) in [5.41, 5.74) is 0.617. The second-order valence-corrected chi connectivity index (χ2v) is 5.93. The molecule has 2 atom stereocenters. The van der Waals surface area contributed by atoms with Gasteiger partial charge in [-0.3, -0.25) is 4.90 Å². The molecule has 1 fully saturated rings. The summed E-state index contributed by atoms with van der Waals surface area (Å²) in [6.45, 7) is 7.45. The normalized spacial score (nSPS) is 19.2. The summed E-state index contributed by atoms with van der Waals surface area (Å²) < 4.78 is 19.3. The summed E-state index contributed by atoms with van der Waals surface area (Å²) in [5, 5.41) is 3.45. The number of benzene rings is 1. The number of likely N-dealkylation sites (tertiary alicyclic amines) is 1. The van der Waals surface area contributed by atoms with Crippen LogP contribution < -0.4 is 10.1 Å². The number of hydrogen-bond donors (Lipinski definition) is 1. The molecule has 0 radical (unpaired) electrons. The fourth-order valence-electron chi connectivity index (χ4n) is 3.05. The van der Waals surface area contributed by atoms with Crippen molar-refractivity contribution in [2.24, 2.45) is 0 Å². The molecule has 0 amide bonds. The third-order valence-corrected chi connectivity index (χ3v) is 4.40. The molecule has 1 aliphatic heterocycles. The predicted octanol–water partition coefficient (Wildman–Crippen LogP) is 3.36. The van der Waals surface area contributed by atoms with Crippen LogP contribution in [0.15, 0.2) is 18.2 Å². The van der Waals surface area contributed by atoms with Crippen LogP contribution in [0.25, 0.3) is 0 Å². The Morgan fingerprint density at radius 1 is 1.24 bits per heavy atom. The van der Waals surface area contributed by atoms with Gasteiger partial charge in [0.05, 0.1) is 7.11 Å². The van der Waals surface area contributed by atoms with Gasteiger partial charge >= 0.3 is 0 Å². The zero-order valence-electron chi connectivity index (χ0n) is 13.4. The van der Waals surface area contributed by atoms with Gasteiger partial charge < -0.3 is 10.1 Å². The van der Waals surface area contributed by atoms with Crippen LogP contribution in [0.5, 0.6) is 5.75 Å². The number of nitrogens with one attached hydrogen (secondary N) is 1. The topological polar surface area (TPSA) is 24.5 Å². The number of rotatable bonds is 6. The lowest BCUT2D eigenvalue weighted by atomic mass is 10.1. The molecule has 0 bridgehead atoms. The predicted molar refractivity (Wildman–Crippen MR) is 84.3 cm³/mol. The molecule has 1 aromatic carbocycles. The summed E-state index contributed by atoms with van der Waals surface area (Å²) >= 11 is 0. The van der Waals surface area contributed by atoms with Gasteiger partial charge in [-0.05, 0) is 51.9 Å². The smallest absolute Gasteiger partial charge is 0.131 e. The Bertz CT molecular complexity index is 446. The van der Waals surface area contributed by atoms with Gasteiger partial charge in [0.15, 0.2) is 0 Å². The summed E-state index contributed by atoms with van der Waals surface area (Å²) in [7, 11) is 1.58. The molecule has 1 aliphatic rings. The van der Waals surface area contributed by atoms with Crippen LogP contribution in [0.2, 0.25) is 0 Å². The molecule has 4 heteroatoms. The van der Waals surface area contributed by atoms with Crippen molar-refractivity contribution in [2.75, 3.05) is 26.7 Å². The average Bonchev–Trinajstić information content (AvgIpc) is 2.52. The molecule has 0 aromatic heterocycles. The van der Waals surface area contributed by atoms with Crippen LogP contribution >= 0.6 is 0 Å².